The third kappa shape index (κ3) is 3.33. The highest BCUT2D eigenvalue weighted by molar-refractivity contribution is 7.89. The van der Waals surface area contributed by atoms with E-state index in [1.807, 2.05) is 13.8 Å². The van der Waals surface area contributed by atoms with Crippen LogP contribution in [0.2, 0.25) is 0 Å². The van der Waals surface area contributed by atoms with Crippen molar-refractivity contribution in [2.45, 2.75) is 44.4 Å². The number of benzene rings is 1. The largest absolute Gasteiger partial charge is 0.340 e. The first-order valence-corrected chi connectivity index (χ1v) is 11.5. The Morgan fingerprint density at radius 3 is 2.29 bits per heavy atom. The Morgan fingerprint density at radius 1 is 1.00 bits per heavy atom. The first-order valence-electron chi connectivity index (χ1n) is 10.0. The summed E-state index contributed by atoms with van der Waals surface area (Å²) in [5.74, 6) is 0.520. The minimum Gasteiger partial charge on any atom is -0.340 e. The number of carbonyl (C=O) groups excluding carboxylic acids is 2. The zero-order valence-corrected chi connectivity index (χ0v) is 17.3. The van der Waals surface area contributed by atoms with Crippen molar-refractivity contribution in [1.29, 1.82) is 0 Å². The molecule has 4 rings (SSSR count). The summed E-state index contributed by atoms with van der Waals surface area (Å²) in [6.45, 7) is 6.17. The fourth-order valence-electron chi connectivity index (χ4n) is 4.38. The average Bonchev–Trinajstić information content (AvgIpc) is 3.09. The maximum Gasteiger partial charge on any atom is 0.243 e. The van der Waals surface area contributed by atoms with E-state index < -0.39 is 10.0 Å². The van der Waals surface area contributed by atoms with Crippen LogP contribution in [-0.2, 0) is 32.5 Å². The van der Waals surface area contributed by atoms with E-state index >= 15 is 0 Å². The van der Waals surface area contributed by atoms with Crippen molar-refractivity contribution in [3.05, 3.63) is 23.3 Å². The smallest absolute Gasteiger partial charge is 0.243 e. The maximum absolute atomic E-state index is 13.2. The molecular formula is C20H27N3O4S. The number of piperazine rings is 1. The number of rotatable bonds is 4. The highest BCUT2D eigenvalue weighted by Gasteiger charge is 2.35. The molecule has 152 valence electrons. The summed E-state index contributed by atoms with van der Waals surface area (Å²) in [5, 5.41) is 0. The monoisotopic (exact) mass is 405 g/mol. The number of sulfonamides is 1. The molecule has 8 heteroatoms. The lowest BCUT2D eigenvalue weighted by Gasteiger charge is -2.34. The Labute approximate surface area is 166 Å². The summed E-state index contributed by atoms with van der Waals surface area (Å²) in [6.07, 6.45) is 2.23. The van der Waals surface area contributed by atoms with Crippen molar-refractivity contribution in [3.63, 3.8) is 0 Å². The molecule has 3 aliphatic heterocycles. The molecule has 0 N–H and O–H groups in total. The molecule has 1 saturated heterocycles. The zero-order valence-electron chi connectivity index (χ0n) is 16.5. The average molecular weight is 406 g/mol. The van der Waals surface area contributed by atoms with E-state index in [1.54, 1.807) is 21.9 Å². The maximum atomic E-state index is 13.2. The summed E-state index contributed by atoms with van der Waals surface area (Å²) in [5.41, 5.74) is 2.84. The molecule has 0 radical (unpaired) electrons. The normalized spacial score (nSPS) is 20.0. The summed E-state index contributed by atoms with van der Waals surface area (Å²) in [7, 11) is -3.60. The number of amides is 2. The summed E-state index contributed by atoms with van der Waals surface area (Å²) < 4.78 is 27.9. The van der Waals surface area contributed by atoms with Crippen LogP contribution in [-0.4, -0.2) is 62.2 Å². The van der Waals surface area contributed by atoms with Gasteiger partial charge >= 0.3 is 0 Å². The standard InChI is InChI=1S/C20H27N3O4S/c1-14(2)11-19(25)21-7-9-22(10-8-21)28(26,27)17-12-15-3-4-18(24)23-6-5-16(13-17)20(15)23/h12-14H,3-11H2,1-2H3. The van der Waals surface area contributed by atoms with Crippen LogP contribution in [0, 0.1) is 5.92 Å². The van der Waals surface area contributed by atoms with Gasteiger partial charge in [-0.1, -0.05) is 13.8 Å². The number of hydrogen-bond acceptors (Lipinski definition) is 4. The number of carbonyl (C=O) groups is 2. The van der Waals surface area contributed by atoms with Crippen LogP contribution in [0.4, 0.5) is 5.69 Å². The van der Waals surface area contributed by atoms with Crippen molar-refractivity contribution in [3.8, 4) is 0 Å². The van der Waals surface area contributed by atoms with Gasteiger partial charge in [0.25, 0.3) is 0 Å². The van der Waals surface area contributed by atoms with Crippen molar-refractivity contribution < 1.29 is 18.0 Å². The predicted octanol–water partition coefficient (Wildman–Crippen LogP) is 1.40. The lowest BCUT2D eigenvalue weighted by molar-refractivity contribution is -0.133. The highest BCUT2D eigenvalue weighted by atomic mass is 32.2. The minimum absolute atomic E-state index is 0.0961. The molecule has 1 aromatic rings. The highest BCUT2D eigenvalue weighted by Crippen LogP contribution is 2.39. The first kappa shape index (κ1) is 19.4. The Kier molecular flexibility index (Phi) is 4.95. The lowest BCUT2D eigenvalue weighted by Crippen LogP contribution is -2.50. The van der Waals surface area contributed by atoms with Crippen LogP contribution in [0.3, 0.4) is 0 Å². The minimum atomic E-state index is -3.60. The zero-order chi connectivity index (χ0) is 20.1. The van der Waals surface area contributed by atoms with Gasteiger partial charge in [0.05, 0.1) is 10.6 Å². The summed E-state index contributed by atoms with van der Waals surface area (Å²) in [4.78, 5) is 28.2. The molecular weight excluding hydrogens is 378 g/mol. The van der Waals surface area contributed by atoms with Crippen LogP contribution in [0.1, 0.15) is 37.8 Å². The van der Waals surface area contributed by atoms with Crippen LogP contribution < -0.4 is 4.90 Å². The van der Waals surface area contributed by atoms with E-state index in [4.69, 9.17) is 0 Å². The first-order chi connectivity index (χ1) is 13.3. The second-order valence-corrected chi connectivity index (χ2v) is 10.2. The Hall–Kier alpha value is -1.93. The Balaban J connectivity index is 1.53. The van der Waals surface area contributed by atoms with Gasteiger partial charge in [0, 0.05) is 45.6 Å². The molecule has 0 unspecified atom stereocenters. The van der Waals surface area contributed by atoms with Gasteiger partial charge in [-0.25, -0.2) is 8.42 Å². The Morgan fingerprint density at radius 2 is 1.64 bits per heavy atom. The molecule has 3 aliphatic rings. The number of aryl methyl sites for hydroxylation is 1. The molecule has 28 heavy (non-hydrogen) atoms. The van der Waals surface area contributed by atoms with Crippen molar-refractivity contribution in [2.75, 3.05) is 37.6 Å². The van der Waals surface area contributed by atoms with Gasteiger partial charge in [-0.05, 0) is 42.0 Å². The topological polar surface area (TPSA) is 78.0 Å². The number of anilines is 1. The van der Waals surface area contributed by atoms with Crippen LogP contribution in [0.15, 0.2) is 17.0 Å². The van der Waals surface area contributed by atoms with E-state index in [-0.39, 0.29) is 11.8 Å². The third-order valence-electron chi connectivity index (χ3n) is 5.84. The second kappa shape index (κ2) is 7.15. The lowest BCUT2D eigenvalue weighted by atomic mass is 10.00. The predicted molar refractivity (Wildman–Crippen MR) is 106 cm³/mol. The summed E-state index contributed by atoms with van der Waals surface area (Å²) in [6, 6.07) is 3.48. The molecule has 1 fully saturated rings. The van der Waals surface area contributed by atoms with Gasteiger partial charge < -0.3 is 9.80 Å². The fraction of sp³-hybridized carbons (Fsp3) is 0.600. The molecule has 3 heterocycles. The number of nitrogens with zero attached hydrogens (tertiary/aromatic N) is 3. The van der Waals surface area contributed by atoms with E-state index in [1.165, 1.54) is 4.31 Å². The van der Waals surface area contributed by atoms with Crippen molar-refractivity contribution >= 4 is 27.5 Å². The van der Waals surface area contributed by atoms with Gasteiger partial charge in [-0.3, -0.25) is 9.59 Å². The van der Waals surface area contributed by atoms with Gasteiger partial charge in [0.2, 0.25) is 21.8 Å². The van der Waals surface area contributed by atoms with Gasteiger partial charge in [0.15, 0.2) is 0 Å². The fourth-order valence-corrected chi connectivity index (χ4v) is 5.90. The molecule has 7 nitrogen and oxygen atoms in total. The van der Waals surface area contributed by atoms with Gasteiger partial charge in [-0.2, -0.15) is 4.31 Å². The van der Waals surface area contributed by atoms with Gasteiger partial charge in [0.1, 0.15) is 0 Å². The quantitative estimate of drug-likeness (QED) is 0.759. The van der Waals surface area contributed by atoms with Crippen LogP contribution >= 0.6 is 0 Å². The Bertz CT molecular complexity index is 918. The molecule has 0 aromatic heterocycles. The van der Waals surface area contributed by atoms with E-state index in [9.17, 15) is 18.0 Å². The van der Waals surface area contributed by atoms with Crippen molar-refractivity contribution in [2.24, 2.45) is 5.92 Å². The summed E-state index contributed by atoms with van der Waals surface area (Å²) >= 11 is 0. The second-order valence-electron chi connectivity index (χ2n) is 8.27. The molecule has 0 saturated carbocycles. The van der Waals surface area contributed by atoms with Crippen LogP contribution in [0.5, 0.6) is 0 Å². The van der Waals surface area contributed by atoms with Gasteiger partial charge in [-0.15, -0.1) is 0 Å². The van der Waals surface area contributed by atoms with E-state index in [0.717, 1.165) is 16.8 Å². The van der Waals surface area contributed by atoms with E-state index in [2.05, 4.69) is 0 Å². The molecule has 0 atom stereocenters. The molecule has 2 amide bonds. The van der Waals surface area contributed by atoms with Crippen molar-refractivity contribution in [1.82, 2.24) is 9.21 Å². The molecule has 0 aliphatic carbocycles. The third-order valence-corrected chi connectivity index (χ3v) is 7.71. The molecule has 0 spiro atoms. The van der Waals surface area contributed by atoms with E-state index in [0.29, 0.717) is 69.2 Å². The molecule has 1 aromatic carbocycles. The van der Waals surface area contributed by atoms with Crippen LogP contribution in [0.25, 0.3) is 0 Å². The SMILES string of the molecule is CC(C)CC(=O)N1CCN(S(=O)(=O)c2cc3c4c(c2)CCN4C(=O)CC3)CC1. The number of hydrogen-bond donors (Lipinski definition) is 0. The molecule has 0 bridgehead atoms.